The lowest BCUT2D eigenvalue weighted by molar-refractivity contribution is -0.161. The van der Waals surface area contributed by atoms with Gasteiger partial charge >= 0.3 is 39.5 Å². The van der Waals surface area contributed by atoms with E-state index in [0.29, 0.717) is 25.7 Å². The van der Waals surface area contributed by atoms with Gasteiger partial charge in [-0.2, -0.15) is 0 Å². The Morgan fingerprint density at radius 2 is 0.491 bits per heavy atom. The minimum atomic E-state index is -5.00. The van der Waals surface area contributed by atoms with Gasteiger partial charge in [0.05, 0.1) is 26.4 Å². The van der Waals surface area contributed by atoms with E-state index in [1.54, 1.807) is 0 Å². The quantitative estimate of drug-likeness (QED) is 0.0169. The molecule has 5 atom stereocenters. The first kappa shape index (κ1) is 101. The number of aliphatic hydroxyl groups excluding tert-OH is 1. The summed E-state index contributed by atoms with van der Waals surface area (Å²) in [5.41, 5.74) is 0. The standard InChI is InChI=1S/C87H144O17P2/c1-5-9-13-17-21-25-29-33-36-39-40-43-45-49-52-56-60-64-68-72-85(90)98-78-83(104-87(92)74-70-66-62-58-54-50-46-42-38-35-31-27-23-19-15-11-7-3)80-102-106(95,96)100-76-81(88)75-99-105(93,94)101-79-82(103-86(91)73-69-65-61-57-53-47-32-28-24-20-16-12-8-4)77-97-84(89)71-67-63-59-55-51-48-44-41-37-34-30-26-22-18-14-10-6-2/h9-11,13-15,21-23,25-28,32-38,40,43-44,48-49,52,81-83,88H,5-8,12,16-20,24,29-31,39,41-42,45-47,50-51,53-80H2,1-4H3,(H,93,94)(H,95,96)/b13-9-,14-10-,15-11-,25-21-,26-22-,27-23-,32-28-,36-33-,37-34-,38-35-,43-40-,48-44-,52-49-. The fourth-order valence-corrected chi connectivity index (χ4v) is 11.9. The van der Waals surface area contributed by atoms with Gasteiger partial charge in [0.15, 0.2) is 12.2 Å². The fourth-order valence-electron chi connectivity index (χ4n) is 10.4. The number of allylic oxidation sites excluding steroid dienone is 26. The molecule has 604 valence electrons. The summed E-state index contributed by atoms with van der Waals surface area (Å²) in [6.07, 6.45) is 90.7. The summed E-state index contributed by atoms with van der Waals surface area (Å²) >= 11 is 0. The molecule has 0 saturated heterocycles. The minimum Gasteiger partial charge on any atom is -0.462 e. The van der Waals surface area contributed by atoms with E-state index in [4.69, 9.17) is 37.0 Å². The topological polar surface area (TPSA) is 237 Å². The molecule has 5 unspecified atom stereocenters. The van der Waals surface area contributed by atoms with E-state index >= 15 is 0 Å². The van der Waals surface area contributed by atoms with Crippen LogP contribution in [0.15, 0.2) is 158 Å². The number of rotatable bonds is 75. The molecule has 0 aliphatic heterocycles. The molecule has 0 fully saturated rings. The van der Waals surface area contributed by atoms with Crippen molar-refractivity contribution in [3.8, 4) is 0 Å². The van der Waals surface area contributed by atoms with Crippen LogP contribution in [0, 0.1) is 0 Å². The molecule has 19 heteroatoms. The number of unbranched alkanes of at least 4 members (excludes halogenated alkanes) is 23. The van der Waals surface area contributed by atoms with E-state index in [1.807, 2.05) is 0 Å². The third kappa shape index (κ3) is 76.9. The molecule has 17 nitrogen and oxygen atoms in total. The number of aliphatic hydroxyl groups is 1. The van der Waals surface area contributed by atoms with Gasteiger partial charge in [-0.05, 0) is 167 Å². The Morgan fingerprint density at radius 3 is 0.774 bits per heavy atom. The maximum absolute atomic E-state index is 13.1. The summed E-state index contributed by atoms with van der Waals surface area (Å²) in [5, 5.41) is 10.7. The number of carbonyl (C=O) groups is 4. The predicted molar refractivity (Wildman–Crippen MR) is 436 cm³/mol. The molecule has 0 aromatic rings. The Labute approximate surface area is 642 Å². The molecule has 0 saturated carbocycles. The van der Waals surface area contributed by atoms with Crippen molar-refractivity contribution >= 4 is 39.5 Å². The average Bonchev–Trinajstić information content (AvgIpc) is 0.907. The summed E-state index contributed by atoms with van der Waals surface area (Å²) in [5.74, 6) is -2.26. The molecule has 0 aliphatic carbocycles. The van der Waals surface area contributed by atoms with E-state index in [1.165, 1.54) is 25.7 Å². The summed E-state index contributed by atoms with van der Waals surface area (Å²) in [6.45, 7) is 4.44. The molecule has 0 amide bonds. The van der Waals surface area contributed by atoms with Gasteiger partial charge in [-0.1, -0.05) is 276 Å². The maximum Gasteiger partial charge on any atom is 0.472 e. The van der Waals surface area contributed by atoms with Crippen molar-refractivity contribution in [2.24, 2.45) is 0 Å². The number of hydrogen-bond donors (Lipinski definition) is 3. The second kappa shape index (κ2) is 77.8. The summed E-state index contributed by atoms with van der Waals surface area (Å²) in [6, 6.07) is 0. The van der Waals surface area contributed by atoms with Crippen molar-refractivity contribution in [1.29, 1.82) is 0 Å². The van der Waals surface area contributed by atoms with Crippen molar-refractivity contribution in [2.75, 3.05) is 39.6 Å². The number of phosphoric acid groups is 2. The van der Waals surface area contributed by atoms with Crippen molar-refractivity contribution < 1.29 is 80.2 Å². The van der Waals surface area contributed by atoms with Crippen LogP contribution in [0.25, 0.3) is 0 Å². The second-order valence-electron chi connectivity index (χ2n) is 26.6. The van der Waals surface area contributed by atoms with Gasteiger partial charge in [0.25, 0.3) is 0 Å². The highest BCUT2D eigenvalue weighted by Gasteiger charge is 2.30. The number of hydrogen-bond acceptors (Lipinski definition) is 15. The predicted octanol–water partition coefficient (Wildman–Crippen LogP) is 24.0. The van der Waals surface area contributed by atoms with Gasteiger partial charge < -0.3 is 33.8 Å². The Balaban J connectivity index is 5.43. The number of ether oxygens (including phenoxy) is 4. The average molecular weight is 1520 g/mol. The third-order valence-corrected chi connectivity index (χ3v) is 18.4. The SMILES string of the molecule is CC/C=C\C/C=C\C/C=C\C/C=C\C/C=C\CCCCCC(=O)OCC(COP(=O)(O)OCC(O)COP(=O)(O)OCC(COC(=O)CCCCCC/C=C\C/C=C\C/C=C\C/C=C\CC)OC(=O)CCCCCCC/C=C\CCCCCC)OC(=O)CCCCCCCCC/C=C\C/C=C\C/C=C\CC. The zero-order valence-corrected chi connectivity index (χ0v) is 67.8. The minimum absolute atomic E-state index is 0.0705. The third-order valence-electron chi connectivity index (χ3n) is 16.5. The molecular weight excluding hydrogens is 1380 g/mol. The maximum atomic E-state index is 13.1. The smallest absolute Gasteiger partial charge is 0.462 e. The van der Waals surface area contributed by atoms with Gasteiger partial charge in [-0.15, -0.1) is 0 Å². The van der Waals surface area contributed by atoms with Crippen LogP contribution in [0.5, 0.6) is 0 Å². The first-order chi connectivity index (χ1) is 51.7. The number of phosphoric ester groups is 2. The van der Waals surface area contributed by atoms with E-state index < -0.39 is 97.5 Å². The Bertz CT molecular complexity index is 2630. The van der Waals surface area contributed by atoms with Gasteiger partial charge in [0, 0.05) is 25.7 Å². The van der Waals surface area contributed by atoms with Crippen LogP contribution in [0.1, 0.15) is 310 Å². The first-order valence-corrected chi connectivity index (χ1v) is 43.7. The van der Waals surface area contributed by atoms with Crippen LogP contribution in [-0.4, -0.2) is 96.7 Å². The van der Waals surface area contributed by atoms with Crippen LogP contribution < -0.4 is 0 Å². The van der Waals surface area contributed by atoms with Crippen LogP contribution in [0.4, 0.5) is 0 Å². The molecule has 0 bridgehead atoms. The molecule has 0 heterocycles. The lowest BCUT2D eigenvalue weighted by atomic mass is 10.1. The van der Waals surface area contributed by atoms with E-state index in [-0.39, 0.29) is 25.7 Å². The van der Waals surface area contributed by atoms with Gasteiger partial charge in [0.1, 0.15) is 19.3 Å². The van der Waals surface area contributed by atoms with Crippen LogP contribution in [0.2, 0.25) is 0 Å². The van der Waals surface area contributed by atoms with Crippen molar-refractivity contribution in [3.63, 3.8) is 0 Å². The van der Waals surface area contributed by atoms with E-state index in [2.05, 4.69) is 186 Å². The van der Waals surface area contributed by atoms with Crippen LogP contribution in [0.3, 0.4) is 0 Å². The Kier molecular flexibility index (Phi) is 73.9. The second-order valence-corrected chi connectivity index (χ2v) is 29.5. The highest BCUT2D eigenvalue weighted by molar-refractivity contribution is 7.47. The van der Waals surface area contributed by atoms with E-state index in [0.717, 1.165) is 205 Å². The highest BCUT2D eigenvalue weighted by atomic mass is 31.2. The Hall–Kier alpha value is -5.32. The molecule has 106 heavy (non-hydrogen) atoms. The van der Waals surface area contributed by atoms with Crippen molar-refractivity contribution in [2.45, 2.75) is 329 Å². The summed E-state index contributed by atoms with van der Waals surface area (Å²) in [4.78, 5) is 73.1. The molecule has 3 N–H and O–H groups in total. The summed E-state index contributed by atoms with van der Waals surface area (Å²) < 4.78 is 68.6. The normalized spacial score (nSPS) is 14.7. The molecule has 0 aromatic heterocycles. The molecular formula is C87H144O17P2. The zero-order valence-electron chi connectivity index (χ0n) is 66.1. The lowest BCUT2D eigenvalue weighted by Gasteiger charge is -2.21. The molecule has 0 rings (SSSR count). The largest absolute Gasteiger partial charge is 0.472 e. The van der Waals surface area contributed by atoms with Crippen LogP contribution >= 0.6 is 15.6 Å². The van der Waals surface area contributed by atoms with Crippen LogP contribution in [-0.2, 0) is 65.4 Å². The molecule has 0 radical (unpaired) electrons. The molecule has 0 aromatic carbocycles. The molecule has 0 spiro atoms. The number of esters is 4. The van der Waals surface area contributed by atoms with Gasteiger partial charge in [0.2, 0.25) is 0 Å². The number of carbonyl (C=O) groups excluding carboxylic acids is 4. The van der Waals surface area contributed by atoms with Crippen molar-refractivity contribution in [1.82, 2.24) is 0 Å². The van der Waals surface area contributed by atoms with Gasteiger partial charge in [-0.25, -0.2) is 9.13 Å². The zero-order chi connectivity index (χ0) is 77.4. The van der Waals surface area contributed by atoms with E-state index in [9.17, 15) is 43.2 Å². The fraction of sp³-hybridized carbons (Fsp3) is 0.655. The van der Waals surface area contributed by atoms with Crippen molar-refractivity contribution in [3.05, 3.63) is 158 Å². The van der Waals surface area contributed by atoms with Gasteiger partial charge in [-0.3, -0.25) is 37.3 Å². The first-order valence-electron chi connectivity index (χ1n) is 40.7. The monoisotopic (exact) mass is 1520 g/mol. The lowest BCUT2D eigenvalue weighted by Crippen LogP contribution is -2.30. The molecule has 0 aliphatic rings. The highest BCUT2D eigenvalue weighted by Crippen LogP contribution is 2.45. The Morgan fingerprint density at radius 1 is 0.274 bits per heavy atom. The summed E-state index contributed by atoms with van der Waals surface area (Å²) in [7, 11) is -9.99.